The smallest absolute Gasteiger partial charge is 0.256 e. The molecule has 0 aliphatic carbocycles. The van der Waals surface area contributed by atoms with E-state index in [1.54, 1.807) is 17.9 Å². The molecule has 2 rings (SSSR count). The number of piperidine rings is 1. The minimum atomic E-state index is -0.732. The van der Waals surface area contributed by atoms with Crippen LogP contribution in [0.2, 0.25) is 5.02 Å². The van der Waals surface area contributed by atoms with Gasteiger partial charge in [-0.3, -0.25) is 4.79 Å². The molecule has 1 saturated heterocycles. The summed E-state index contributed by atoms with van der Waals surface area (Å²) in [5.41, 5.74) is -0.743. The highest BCUT2D eigenvalue weighted by molar-refractivity contribution is 6.31. The van der Waals surface area contributed by atoms with E-state index >= 15 is 0 Å². The van der Waals surface area contributed by atoms with Crippen LogP contribution in [0, 0.1) is 5.82 Å². The van der Waals surface area contributed by atoms with Gasteiger partial charge in [0.15, 0.2) is 5.82 Å². The van der Waals surface area contributed by atoms with E-state index in [2.05, 4.69) is 0 Å². The summed E-state index contributed by atoms with van der Waals surface area (Å²) in [4.78, 5) is 13.7. The van der Waals surface area contributed by atoms with Crippen LogP contribution in [0.1, 0.15) is 30.1 Å². The standard InChI is InChI=1S/C13H15ClFNO2/c1-13(18)5-7-16(8-6-13)12(17)9-3-2-4-10(14)11(9)15/h2-4,18H,5-8H2,1H3. The van der Waals surface area contributed by atoms with Crippen LogP contribution < -0.4 is 0 Å². The van der Waals surface area contributed by atoms with Crippen molar-refractivity contribution in [3.05, 3.63) is 34.6 Å². The molecule has 0 spiro atoms. The second-order valence-electron chi connectivity index (χ2n) is 4.89. The summed E-state index contributed by atoms with van der Waals surface area (Å²) < 4.78 is 13.7. The number of amides is 1. The maximum atomic E-state index is 13.7. The molecular formula is C13H15ClFNO2. The van der Waals surface area contributed by atoms with Gasteiger partial charge in [-0.05, 0) is 31.9 Å². The summed E-state index contributed by atoms with van der Waals surface area (Å²) in [6.07, 6.45) is 1.00. The van der Waals surface area contributed by atoms with Crippen LogP contribution in [0.15, 0.2) is 18.2 Å². The Morgan fingerprint density at radius 1 is 1.44 bits per heavy atom. The molecule has 0 atom stereocenters. The quantitative estimate of drug-likeness (QED) is 0.852. The first kappa shape index (κ1) is 13.3. The molecule has 1 fully saturated rings. The van der Waals surface area contributed by atoms with Crippen LogP contribution in [0.5, 0.6) is 0 Å². The van der Waals surface area contributed by atoms with E-state index in [1.807, 2.05) is 0 Å². The average Bonchev–Trinajstić information content (AvgIpc) is 2.32. The SMILES string of the molecule is CC1(O)CCN(C(=O)c2cccc(Cl)c2F)CC1. The number of benzene rings is 1. The molecule has 1 N–H and O–H groups in total. The van der Waals surface area contributed by atoms with E-state index in [0.717, 1.165) is 0 Å². The number of carbonyl (C=O) groups excluding carboxylic acids is 1. The molecule has 1 aromatic carbocycles. The van der Waals surface area contributed by atoms with E-state index in [1.165, 1.54) is 12.1 Å². The van der Waals surface area contributed by atoms with Gasteiger partial charge in [-0.25, -0.2) is 4.39 Å². The van der Waals surface area contributed by atoms with Crippen molar-refractivity contribution in [2.24, 2.45) is 0 Å². The average molecular weight is 272 g/mol. The van der Waals surface area contributed by atoms with Crippen LogP contribution in [0.3, 0.4) is 0 Å². The van der Waals surface area contributed by atoms with Gasteiger partial charge in [0.25, 0.3) is 5.91 Å². The molecule has 5 heteroatoms. The van der Waals surface area contributed by atoms with Gasteiger partial charge in [0.2, 0.25) is 0 Å². The molecule has 0 saturated carbocycles. The topological polar surface area (TPSA) is 40.5 Å². The fourth-order valence-corrected chi connectivity index (χ4v) is 2.21. The lowest BCUT2D eigenvalue weighted by Crippen LogP contribution is -2.45. The third-order valence-corrected chi connectivity index (χ3v) is 3.60. The summed E-state index contributed by atoms with van der Waals surface area (Å²) in [5, 5.41) is 9.76. The molecule has 0 bridgehead atoms. The lowest BCUT2D eigenvalue weighted by atomic mass is 9.93. The Kier molecular flexibility index (Phi) is 3.59. The van der Waals surface area contributed by atoms with E-state index in [0.29, 0.717) is 25.9 Å². The van der Waals surface area contributed by atoms with Crippen molar-refractivity contribution in [1.29, 1.82) is 0 Å². The summed E-state index contributed by atoms with van der Waals surface area (Å²) in [7, 11) is 0. The van der Waals surface area contributed by atoms with Gasteiger partial charge in [0, 0.05) is 13.1 Å². The number of likely N-dealkylation sites (tertiary alicyclic amines) is 1. The van der Waals surface area contributed by atoms with Crippen LogP contribution >= 0.6 is 11.6 Å². The van der Waals surface area contributed by atoms with Gasteiger partial charge < -0.3 is 10.0 Å². The number of halogens is 2. The molecule has 1 heterocycles. The Morgan fingerprint density at radius 2 is 2.06 bits per heavy atom. The highest BCUT2D eigenvalue weighted by Crippen LogP contribution is 2.24. The Balaban J connectivity index is 2.15. The Bertz CT molecular complexity index is 466. The summed E-state index contributed by atoms with van der Waals surface area (Å²) >= 11 is 5.66. The first-order chi connectivity index (χ1) is 8.41. The highest BCUT2D eigenvalue weighted by atomic mass is 35.5. The molecule has 1 aliphatic rings. The number of nitrogens with zero attached hydrogens (tertiary/aromatic N) is 1. The minimum Gasteiger partial charge on any atom is -0.390 e. The normalized spacial score (nSPS) is 18.8. The Morgan fingerprint density at radius 3 is 2.67 bits per heavy atom. The van der Waals surface area contributed by atoms with Gasteiger partial charge in [-0.1, -0.05) is 17.7 Å². The van der Waals surface area contributed by atoms with E-state index in [-0.39, 0.29) is 16.5 Å². The summed E-state index contributed by atoms with van der Waals surface area (Å²) in [6, 6.07) is 4.39. The van der Waals surface area contributed by atoms with Crippen molar-refractivity contribution in [3.63, 3.8) is 0 Å². The van der Waals surface area contributed by atoms with Gasteiger partial charge in [0.1, 0.15) is 0 Å². The van der Waals surface area contributed by atoms with Crippen molar-refractivity contribution in [3.8, 4) is 0 Å². The van der Waals surface area contributed by atoms with Crippen molar-refractivity contribution in [2.45, 2.75) is 25.4 Å². The molecule has 0 aromatic heterocycles. The molecular weight excluding hydrogens is 257 g/mol. The second-order valence-corrected chi connectivity index (χ2v) is 5.30. The monoisotopic (exact) mass is 271 g/mol. The third kappa shape index (κ3) is 2.65. The van der Waals surface area contributed by atoms with Gasteiger partial charge >= 0.3 is 0 Å². The second kappa shape index (κ2) is 4.86. The molecule has 0 unspecified atom stereocenters. The number of hydrogen-bond acceptors (Lipinski definition) is 2. The van der Waals surface area contributed by atoms with Crippen molar-refractivity contribution in [2.75, 3.05) is 13.1 Å². The van der Waals surface area contributed by atoms with Crippen LogP contribution in [0.4, 0.5) is 4.39 Å². The molecule has 1 amide bonds. The maximum Gasteiger partial charge on any atom is 0.256 e. The van der Waals surface area contributed by atoms with Crippen molar-refractivity contribution >= 4 is 17.5 Å². The molecule has 0 radical (unpaired) electrons. The zero-order valence-electron chi connectivity index (χ0n) is 10.1. The number of rotatable bonds is 1. The van der Waals surface area contributed by atoms with Gasteiger partial charge in [-0.2, -0.15) is 0 Å². The lowest BCUT2D eigenvalue weighted by molar-refractivity contribution is -0.00213. The number of aliphatic hydroxyl groups is 1. The molecule has 18 heavy (non-hydrogen) atoms. The molecule has 3 nitrogen and oxygen atoms in total. The Labute approximate surface area is 110 Å². The number of carbonyl (C=O) groups is 1. The fourth-order valence-electron chi connectivity index (χ4n) is 2.03. The van der Waals surface area contributed by atoms with Crippen molar-refractivity contribution < 1.29 is 14.3 Å². The van der Waals surface area contributed by atoms with Gasteiger partial charge in [0.05, 0.1) is 16.2 Å². The van der Waals surface area contributed by atoms with E-state index in [9.17, 15) is 14.3 Å². The first-order valence-electron chi connectivity index (χ1n) is 5.86. The summed E-state index contributed by atoms with van der Waals surface area (Å²) in [6.45, 7) is 2.60. The van der Waals surface area contributed by atoms with Gasteiger partial charge in [-0.15, -0.1) is 0 Å². The van der Waals surface area contributed by atoms with Crippen molar-refractivity contribution in [1.82, 2.24) is 4.90 Å². The Hall–Kier alpha value is -1.13. The van der Waals surface area contributed by atoms with Crippen LogP contribution in [-0.4, -0.2) is 34.6 Å². The first-order valence-corrected chi connectivity index (χ1v) is 6.24. The summed E-state index contributed by atoms with van der Waals surface area (Å²) in [5.74, 6) is -1.05. The molecule has 1 aliphatic heterocycles. The maximum absolute atomic E-state index is 13.7. The zero-order chi connectivity index (χ0) is 13.3. The fraction of sp³-hybridized carbons (Fsp3) is 0.462. The predicted molar refractivity (Wildman–Crippen MR) is 67.2 cm³/mol. The molecule has 1 aromatic rings. The van der Waals surface area contributed by atoms with E-state index < -0.39 is 11.4 Å². The van der Waals surface area contributed by atoms with E-state index in [4.69, 9.17) is 11.6 Å². The third-order valence-electron chi connectivity index (χ3n) is 3.31. The minimum absolute atomic E-state index is 0.0101. The number of hydrogen-bond donors (Lipinski definition) is 1. The highest BCUT2D eigenvalue weighted by Gasteiger charge is 2.30. The zero-order valence-corrected chi connectivity index (χ0v) is 10.9. The predicted octanol–water partition coefficient (Wildman–Crippen LogP) is 2.47. The van der Waals surface area contributed by atoms with Crippen LogP contribution in [0.25, 0.3) is 0 Å². The lowest BCUT2D eigenvalue weighted by Gasteiger charge is -2.35. The molecule has 98 valence electrons. The van der Waals surface area contributed by atoms with Crippen LogP contribution in [-0.2, 0) is 0 Å². The largest absolute Gasteiger partial charge is 0.390 e.